The van der Waals surface area contributed by atoms with E-state index in [1.807, 2.05) is 54.9 Å². The van der Waals surface area contributed by atoms with Crippen molar-refractivity contribution in [2.75, 3.05) is 27.2 Å². The predicted molar refractivity (Wildman–Crippen MR) is 102 cm³/mol. The van der Waals surface area contributed by atoms with Crippen LogP contribution in [-0.2, 0) is 13.6 Å². The highest BCUT2D eigenvalue weighted by Crippen LogP contribution is 2.15. The van der Waals surface area contributed by atoms with Crippen LogP contribution in [0, 0.1) is 13.8 Å². The third kappa shape index (κ3) is 5.13. The summed E-state index contributed by atoms with van der Waals surface area (Å²) < 4.78 is 7.64. The molecule has 0 spiro atoms. The topological polar surface area (TPSA) is 54.7 Å². The number of guanidine groups is 1. The molecule has 0 saturated heterocycles. The van der Waals surface area contributed by atoms with E-state index in [9.17, 15) is 0 Å². The second kappa shape index (κ2) is 8.76. The fourth-order valence-electron chi connectivity index (χ4n) is 2.56. The number of rotatable bonds is 6. The summed E-state index contributed by atoms with van der Waals surface area (Å²) in [6.45, 7) is 6.07. The minimum Gasteiger partial charge on any atom is -0.492 e. The number of halogens is 1. The Bertz CT molecular complexity index is 724. The molecule has 0 fully saturated rings. The molecule has 0 amide bonds. The van der Waals surface area contributed by atoms with Crippen molar-refractivity contribution >= 4 is 17.6 Å². The van der Waals surface area contributed by atoms with Gasteiger partial charge in [-0.2, -0.15) is 5.10 Å². The van der Waals surface area contributed by atoms with E-state index in [1.54, 1.807) is 7.05 Å². The van der Waals surface area contributed by atoms with Gasteiger partial charge in [-0.25, -0.2) is 0 Å². The summed E-state index contributed by atoms with van der Waals surface area (Å²) in [4.78, 5) is 6.38. The fourth-order valence-corrected chi connectivity index (χ4v) is 2.69. The van der Waals surface area contributed by atoms with Crippen molar-refractivity contribution in [2.45, 2.75) is 20.4 Å². The standard InChI is InChI=1S/C18H26ClN5O/c1-13-17(14(2)24(5)22-13)12-21-18(20-3)23(4)10-11-25-16-8-6-15(19)7-9-16/h6-9H,10-12H2,1-5H3,(H,20,21). The number of hydrogen-bond donors (Lipinski definition) is 1. The van der Waals surface area contributed by atoms with Crippen LogP contribution in [0.2, 0.25) is 5.02 Å². The molecule has 7 heteroatoms. The van der Waals surface area contributed by atoms with E-state index in [-0.39, 0.29) is 0 Å². The van der Waals surface area contributed by atoms with E-state index < -0.39 is 0 Å². The monoisotopic (exact) mass is 363 g/mol. The third-order valence-corrected chi connectivity index (χ3v) is 4.42. The van der Waals surface area contributed by atoms with Crippen molar-refractivity contribution in [1.82, 2.24) is 20.0 Å². The van der Waals surface area contributed by atoms with Crippen LogP contribution in [0.4, 0.5) is 0 Å². The van der Waals surface area contributed by atoms with Gasteiger partial charge in [-0.15, -0.1) is 0 Å². The van der Waals surface area contributed by atoms with Gasteiger partial charge in [0, 0.05) is 44.0 Å². The highest BCUT2D eigenvalue weighted by molar-refractivity contribution is 6.30. The number of nitrogens with one attached hydrogen (secondary N) is 1. The second-order valence-electron chi connectivity index (χ2n) is 5.90. The van der Waals surface area contributed by atoms with Crippen LogP contribution in [0.5, 0.6) is 5.75 Å². The van der Waals surface area contributed by atoms with Gasteiger partial charge in [0.1, 0.15) is 12.4 Å². The molecule has 2 rings (SSSR count). The predicted octanol–water partition coefficient (Wildman–Crippen LogP) is 2.78. The summed E-state index contributed by atoms with van der Waals surface area (Å²) in [7, 11) is 5.73. The van der Waals surface area contributed by atoms with Gasteiger partial charge < -0.3 is 15.0 Å². The zero-order chi connectivity index (χ0) is 18.4. The van der Waals surface area contributed by atoms with Crippen LogP contribution in [0.3, 0.4) is 0 Å². The average Bonchev–Trinajstić information content (AvgIpc) is 2.83. The highest BCUT2D eigenvalue weighted by Gasteiger charge is 2.11. The maximum absolute atomic E-state index is 5.87. The number of aliphatic imine (C=N–C) groups is 1. The van der Waals surface area contributed by atoms with Gasteiger partial charge in [-0.05, 0) is 38.1 Å². The van der Waals surface area contributed by atoms with E-state index in [4.69, 9.17) is 16.3 Å². The van der Waals surface area contributed by atoms with Crippen LogP contribution < -0.4 is 10.1 Å². The SMILES string of the molecule is CN=C(NCc1c(C)nn(C)c1C)N(C)CCOc1ccc(Cl)cc1. The minimum absolute atomic E-state index is 0.559. The zero-order valence-electron chi connectivity index (χ0n) is 15.5. The zero-order valence-corrected chi connectivity index (χ0v) is 16.3. The minimum atomic E-state index is 0.559. The first-order valence-corrected chi connectivity index (χ1v) is 8.59. The number of benzene rings is 1. The lowest BCUT2D eigenvalue weighted by Crippen LogP contribution is -2.40. The van der Waals surface area contributed by atoms with E-state index in [1.165, 1.54) is 5.56 Å². The van der Waals surface area contributed by atoms with Crippen LogP contribution in [0.1, 0.15) is 17.0 Å². The summed E-state index contributed by atoms with van der Waals surface area (Å²) >= 11 is 5.87. The number of nitrogens with zero attached hydrogens (tertiary/aromatic N) is 4. The molecule has 25 heavy (non-hydrogen) atoms. The van der Waals surface area contributed by atoms with Gasteiger partial charge in [0.25, 0.3) is 0 Å². The summed E-state index contributed by atoms with van der Waals surface area (Å²) in [5, 5.41) is 8.53. The third-order valence-electron chi connectivity index (χ3n) is 4.16. The maximum Gasteiger partial charge on any atom is 0.193 e. The molecule has 0 saturated carbocycles. The van der Waals surface area contributed by atoms with E-state index >= 15 is 0 Å². The van der Waals surface area contributed by atoms with Crippen molar-refractivity contribution in [2.24, 2.45) is 12.0 Å². The lowest BCUT2D eigenvalue weighted by atomic mass is 10.2. The van der Waals surface area contributed by atoms with Gasteiger partial charge in [0.2, 0.25) is 0 Å². The number of likely N-dealkylation sites (N-methyl/N-ethyl adjacent to an activating group) is 1. The fraction of sp³-hybridized carbons (Fsp3) is 0.444. The smallest absolute Gasteiger partial charge is 0.193 e. The molecule has 1 N–H and O–H groups in total. The first kappa shape index (κ1) is 19.1. The molecule has 1 aromatic carbocycles. The molecule has 1 heterocycles. The number of ether oxygens (including phenoxy) is 1. The van der Waals surface area contributed by atoms with Crippen molar-refractivity contribution in [3.63, 3.8) is 0 Å². The number of aromatic nitrogens is 2. The molecule has 1 aromatic heterocycles. The normalized spacial score (nSPS) is 11.5. The Morgan fingerprint density at radius 2 is 2.00 bits per heavy atom. The summed E-state index contributed by atoms with van der Waals surface area (Å²) in [5.74, 6) is 1.63. The molecule has 0 radical (unpaired) electrons. The Morgan fingerprint density at radius 1 is 1.32 bits per heavy atom. The van der Waals surface area contributed by atoms with E-state index in [0.29, 0.717) is 24.7 Å². The number of hydrogen-bond acceptors (Lipinski definition) is 3. The molecule has 0 aliphatic rings. The maximum atomic E-state index is 5.87. The first-order chi connectivity index (χ1) is 11.9. The molecule has 136 valence electrons. The molecular formula is C18H26ClN5O. The molecule has 0 aliphatic carbocycles. The van der Waals surface area contributed by atoms with Crippen LogP contribution >= 0.6 is 11.6 Å². The molecular weight excluding hydrogens is 338 g/mol. The Kier molecular flexibility index (Phi) is 6.70. The Hall–Kier alpha value is -2.21. The molecule has 0 atom stereocenters. The van der Waals surface area contributed by atoms with E-state index in [0.717, 1.165) is 23.1 Å². The van der Waals surface area contributed by atoms with Gasteiger partial charge >= 0.3 is 0 Å². The van der Waals surface area contributed by atoms with Gasteiger partial charge in [0.15, 0.2) is 5.96 Å². The lowest BCUT2D eigenvalue weighted by Gasteiger charge is -2.22. The van der Waals surface area contributed by atoms with E-state index in [2.05, 4.69) is 22.3 Å². The summed E-state index contributed by atoms with van der Waals surface area (Å²) in [6, 6.07) is 7.37. The Labute approximate surface area is 154 Å². The Morgan fingerprint density at radius 3 is 2.56 bits per heavy atom. The first-order valence-electron chi connectivity index (χ1n) is 8.21. The second-order valence-corrected chi connectivity index (χ2v) is 6.33. The average molecular weight is 364 g/mol. The van der Waals surface area contributed by atoms with Crippen molar-refractivity contribution in [3.05, 3.63) is 46.2 Å². The number of aryl methyl sites for hydroxylation is 2. The van der Waals surface area contributed by atoms with Crippen LogP contribution in [0.25, 0.3) is 0 Å². The molecule has 6 nitrogen and oxygen atoms in total. The van der Waals surface area contributed by atoms with Gasteiger partial charge in [-0.1, -0.05) is 11.6 Å². The van der Waals surface area contributed by atoms with Crippen LogP contribution in [-0.4, -0.2) is 47.9 Å². The quantitative estimate of drug-likeness (QED) is 0.633. The van der Waals surface area contributed by atoms with Gasteiger partial charge in [-0.3, -0.25) is 9.67 Å². The van der Waals surface area contributed by atoms with Crippen molar-refractivity contribution < 1.29 is 4.74 Å². The molecule has 0 bridgehead atoms. The van der Waals surface area contributed by atoms with Crippen molar-refractivity contribution in [3.8, 4) is 5.75 Å². The molecule has 0 aliphatic heterocycles. The Balaban J connectivity index is 1.84. The van der Waals surface area contributed by atoms with Gasteiger partial charge in [0.05, 0.1) is 12.2 Å². The molecule has 2 aromatic rings. The summed E-state index contributed by atoms with van der Waals surface area (Å²) in [5.41, 5.74) is 3.40. The lowest BCUT2D eigenvalue weighted by molar-refractivity contribution is 0.281. The van der Waals surface area contributed by atoms with Crippen LogP contribution in [0.15, 0.2) is 29.3 Å². The largest absolute Gasteiger partial charge is 0.492 e. The summed E-state index contributed by atoms with van der Waals surface area (Å²) in [6.07, 6.45) is 0. The highest BCUT2D eigenvalue weighted by atomic mass is 35.5. The van der Waals surface area contributed by atoms with Crippen molar-refractivity contribution in [1.29, 1.82) is 0 Å². The molecule has 0 unspecified atom stereocenters.